The summed E-state index contributed by atoms with van der Waals surface area (Å²) in [5, 5.41) is 9.32. The van der Waals surface area contributed by atoms with Crippen LogP contribution >= 0.6 is 11.3 Å². The van der Waals surface area contributed by atoms with Crippen LogP contribution in [0.3, 0.4) is 0 Å². The molecule has 0 atom stereocenters. The highest BCUT2D eigenvalue weighted by atomic mass is 32.1. The maximum absolute atomic E-state index is 12.6. The molecule has 1 spiro atoms. The standard InChI is InChI=1S/C20H28N2O5S/c23-18(2-1-6-21-9-12-26-13-10-21)22-7-4-20(5-8-22)15-14-17(19(24)25)28-16(15)3-11-27-20/h14H,1-13H2,(H,24,25). The van der Waals surface area contributed by atoms with E-state index in [0.29, 0.717) is 31.0 Å². The van der Waals surface area contributed by atoms with Crippen LogP contribution in [0, 0.1) is 0 Å². The van der Waals surface area contributed by atoms with Gasteiger partial charge in [-0.25, -0.2) is 4.79 Å². The Kier molecular flexibility index (Phi) is 6.01. The lowest BCUT2D eigenvalue weighted by Crippen LogP contribution is -2.48. The van der Waals surface area contributed by atoms with Gasteiger partial charge in [-0.2, -0.15) is 0 Å². The molecule has 2 saturated heterocycles. The highest BCUT2D eigenvalue weighted by Gasteiger charge is 2.43. The van der Waals surface area contributed by atoms with E-state index in [9.17, 15) is 14.7 Å². The van der Waals surface area contributed by atoms with Crippen molar-refractivity contribution >= 4 is 23.2 Å². The molecule has 4 heterocycles. The van der Waals surface area contributed by atoms with Crippen molar-refractivity contribution in [2.45, 2.75) is 37.7 Å². The second kappa shape index (κ2) is 8.49. The van der Waals surface area contributed by atoms with E-state index in [1.807, 2.05) is 4.90 Å². The minimum atomic E-state index is -0.873. The van der Waals surface area contributed by atoms with Gasteiger partial charge in [-0.3, -0.25) is 9.69 Å². The fourth-order valence-electron chi connectivity index (χ4n) is 4.49. The third-order valence-corrected chi connectivity index (χ3v) is 7.29. The maximum atomic E-state index is 12.6. The molecule has 0 saturated carbocycles. The number of carboxylic acids is 1. The first-order chi connectivity index (χ1) is 13.6. The van der Waals surface area contributed by atoms with Gasteiger partial charge >= 0.3 is 5.97 Å². The summed E-state index contributed by atoms with van der Waals surface area (Å²) >= 11 is 1.37. The molecule has 4 rings (SSSR count). The molecule has 0 bridgehead atoms. The highest BCUT2D eigenvalue weighted by Crippen LogP contribution is 2.44. The molecule has 0 radical (unpaired) electrons. The Morgan fingerprint density at radius 3 is 2.61 bits per heavy atom. The molecule has 0 aromatic carbocycles. The lowest BCUT2D eigenvalue weighted by Gasteiger charge is -2.44. The first kappa shape index (κ1) is 19.8. The Bertz CT molecular complexity index is 720. The Balaban J connectivity index is 1.31. The first-order valence-electron chi connectivity index (χ1n) is 10.2. The van der Waals surface area contributed by atoms with Gasteiger partial charge in [0.05, 0.1) is 25.4 Å². The number of rotatable bonds is 5. The summed E-state index contributed by atoms with van der Waals surface area (Å²) in [6.07, 6.45) is 3.72. The van der Waals surface area contributed by atoms with E-state index in [0.717, 1.165) is 69.0 Å². The van der Waals surface area contributed by atoms with Gasteiger partial charge in [0.2, 0.25) is 5.91 Å². The number of amides is 1. The van der Waals surface area contributed by atoms with Crippen molar-refractivity contribution in [2.24, 2.45) is 0 Å². The number of piperidine rings is 1. The lowest BCUT2D eigenvalue weighted by atomic mass is 9.82. The number of carboxylic acid groups (broad SMARTS) is 1. The van der Waals surface area contributed by atoms with Gasteiger partial charge < -0.3 is 19.5 Å². The van der Waals surface area contributed by atoms with Gasteiger partial charge in [-0.15, -0.1) is 11.3 Å². The zero-order valence-corrected chi connectivity index (χ0v) is 17.0. The monoisotopic (exact) mass is 408 g/mol. The van der Waals surface area contributed by atoms with E-state index in [2.05, 4.69) is 4.90 Å². The fraction of sp³-hybridized carbons (Fsp3) is 0.700. The zero-order valence-electron chi connectivity index (χ0n) is 16.2. The molecule has 2 fully saturated rings. The van der Waals surface area contributed by atoms with Gasteiger partial charge in [0, 0.05) is 43.9 Å². The third-order valence-electron chi connectivity index (χ3n) is 6.11. The average Bonchev–Trinajstić information content (AvgIpc) is 3.16. The highest BCUT2D eigenvalue weighted by molar-refractivity contribution is 7.14. The minimum Gasteiger partial charge on any atom is -0.477 e. The van der Waals surface area contributed by atoms with Crippen molar-refractivity contribution < 1.29 is 24.2 Å². The van der Waals surface area contributed by atoms with Crippen molar-refractivity contribution in [1.29, 1.82) is 0 Å². The van der Waals surface area contributed by atoms with Crippen LogP contribution in [0.4, 0.5) is 0 Å². The summed E-state index contributed by atoms with van der Waals surface area (Å²) in [6.45, 7) is 6.42. The number of fused-ring (bicyclic) bond motifs is 2. The van der Waals surface area contributed by atoms with Crippen molar-refractivity contribution in [3.63, 3.8) is 0 Å². The number of ether oxygens (including phenoxy) is 2. The zero-order chi connectivity index (χ0) is 19.6. The second-order valence-corrected chi connectivity index (χ2v) is 8.92. The Labute approximate surface area is 169 Å². The molecule has 1 aromatic heterocycles. The van der Waals surface area contributed by atoms with Crippen molar-refractivity contribution in [1.82, 2.24) is 9.80 Å². The number of carbonyl (C=O) groups excluding carboxylic acids is 1. The van der Waals surface area contributed by atoms with Gasteiger partial charge in [0.25, 0.3) is 0 Å². The van der Waals surface area contributed by atoms with Crippen LogP contribution in [0.5, 0.6) is 0 Å². The molecule has 1 N–H and O–H groups in total. The maximum Gasteiger partial charge on any atom is 0.345 e. The molecular formula is C20H28N2O5S. The number of hydrogen-bond donors (Lipinski definition) is 1. The molecule has 1 aromatic rings. The second-order valence-electron chi connectivity index (χ2n) is 7.78. The first-order valence-corrected chi connectivity index (χ1v) is 11.0. The van der Waals surface area contributed by atoms with Gasteiger partial charge in [-0.1, -0.05) is 0 Å². The smallest absolute Gasteiger partial charge is 0.345 e. The van der Waals surface area contributed by atoms with Crippen LogP contribution in [0.15, 0.2) is 6.07 Å². The number of thiophene rings is 1. The molecule has 28 heavy (non-hydrogen) atoms. The lowest BCUT2D eigenvalue weighted by molar-refractivity contribution is -0.140. The van der Waals surface area contributed by atoms with Crippen molar-refractivity contribution in [2.75, 3.05) is 52.5 Å². The molecule has 3 aliphatic rings. The fourth-order valence-corrected chi connectivity index (χ4v) is 5.56. The average molecular weight is 409 g/mol. The molecule has 8 heteroatoms. The number of aromatic carboxylic acids is 1. The molecule has 0 aliphatic carbocycles. The summed E-state index contributed by atoms with van der Waals surface area (Å²) in [4.78, 5) is 29.8. The Morgan fingerprint density at radius 1 is 1.14 bits per heavy atom. The Hall–Kier alpha value is -1.48. The van der Waals surface area contributed by atoms with E-state index >= 15 is 0 Å². The third kappa shape index (κ3) is 4.10. The molecule has 3 aliphatic heterocycles. The number of carbonyl (C=O) groups is 2. The quantitative estimate of drug-likeness (QED) is 0.802. The normalized spacial score (nSPS) is 22.2. The SMILES string of the molecule is O=C(O)c1cc2c(s1)CCOC21CCN(C(=O)CCCN2CCOCC2)CC1. The van der Waals surface area contributed by atoms with E-state index in [1.165, 1.54) is 11.3 Å². The van der Waals surface area contributed by atoms with Crippen LogP contribution in [-0.2, 0) is 26.3 Å². The van der Waals surface area contributed by atoms with E-state index < -0.39 is 11.6 Å². The van der Waals surface area contributed by atoms with E-state index in [1.54, 1.807) is 6.07 Å². The number of hydrogen-bond acceptors (Lipinski definition) is 6. The summed E-state index contributed by atoms with van der Waals surface area (Å²) in [7, 11) is 0. The topological polar surface area (TPSA) is 79.3 Å². The predicted molar refractivity (Wildman–Crippen MR) is 105 cm³/mol. The Morgan fingerprint density at radius 2 is 1.89 bits per heavy atom. The molecule has 154 valence electrons. The van der Waals surface area contributed by atoms with Crippen LogP contribution in [0.1, 0.15) is 45.8 Å². The molecular weight excluding hydrogens is 380 g/mol. The number of morpholine rings is 1. The summed E-state index contributed by atoms with van der Waals surface area (Å²) < 4.78 is 11.5. The van der Waals surface area contributed by atoms with E-state index in [-0.39, 0.29) is 5.91 Å². The number of likely N-dealkylation sites (tertiary alicyclic amines) is 1. The predicted octanol–water partition coefficient (Wildman–Crippen LogP) is 1.95. The van der Waals surface area contributed by atoms with E-state index in [4.69, 9.17) is 9.47 Å². The largest absolute Gasteiger partial charge is 0.477 e. The van der Waals surface area contributed by atoms with Crippen LogP contribution < -0.4 is 0 Å². The summed E-state index contributed by atoms with van der Waals surface area (Å²) in [5.41, 5.74) is 0.628. The van der Waals surface area contributed by atoms with Gasteiger partial charge in [0.15, 0.2) is 0 Å². The van der Waals surface area contributed by atoms with Gasteiger partial charge in [0.1, 0.15) is 4.88 Å². The van der Waals surface area contributed by atoms with Gasteiger partial charge in [-0.05, 0) is 37.4 Å². The minimum absolute atomic E-state index is 0.218. The summed E-state index contributed by atoms with van der Waals surface area (Å²) in [6, 6.07) is 1.79. The molecule has 7 nitrogen and oxygen atoms in total. The van der Waals surface area contributed by atoms with Crippen LogP contribution in [0.25, 0.3) is 0 Å². The van der Waals surface area contributed by atoms with Crippen LogP contribution in [0.2, 0.25) is 0 Å². The summed E-state index contributed by atoms with van der Waals surface area (Å²) in [5.74, 6) is -0.655. The van der Waals surface area contributed by atoms with Crippen molar-refractivity contribution in [3.05, 3.63) is 21.4 Å². The number of nitrogens with zero attached hydrogens (tertiary/aromatic N) is 2. The molecule has 0 unspecified atom stereocenters. The molecule has 1 amide bonds. The van der Waals surface area contributed by atoms with Crippen LogP contribution in [-0.4, -0.2) is 79.3 Å². The van der Waals surface area contributed by atoms with Crippen molar-refractivity contribution in [3.8, 4) is 0 Å².